The second-order valence-corrected chi connectivity index (χ2v) is 16.5. The van der Waals surface area contributed by atoms with Gasteiger partial charge in [-0.25, -0.2) is 12.1 Å². The van der Waals surface area contributed by atoms with Crippen LogP contribution in [0.15, 0.2) is 170 Å². The average Bonchev–Trinajstić information content (AvgIpc) is 3.79. The summed E-state index contributed by atoms with van der Waals surface area (Å²) in [7, 11) is -1.39. The minimum absolute atomic E-state index is 0. The maximum Gasteiger partial charge on any atom is 0.0277 e. The van der Waals surface area contributed by atoms with Crippen LogP contribution in [0.2, 0.25) is 0 Å². The van der Waals surface area contributed by atoms with Gasteiger partial charge in [0.2, 0.25) is 0 Å². The van der Waals surface area contributed by atoms with Gasteiger partial charge in [-0.15, -0.1) is 10.9 Å². The number of rotatable bonds is 9. The molecule has 0 saturated heterocycles. The smallest absolute Gasteiger partial charge is 0.0277 e. The largest absolute Gasteiger partial charge is 0.748 e. The van der Waals surface area contributed by atoms with Gasteiger partial charge in [-0.05, 0) is 40.6 Å². The Morgan fingerprint density at radius 2 is 0.956 bits per heavy atom. The molecule has 4 heteroatoms. The molecule has 1 atom stereocenters. The number of benzene rings is 4. The first-order valence-corrected chi connectivity index (χ1v) is 18.1. The molecule has 0 spiro atoms. The summed E-state index contributed by atoms with van der Waals surface area (Å²) in [4.78, 5) is 0. The van der Waals surface area contributed by atoms with Gasteiger partial charge in [-0.3, -0.25) is 4.67 Å². The Kier molecular flexibility index (Phi) is 13.1. The number of hydrogen-bond donors (Lipinski definition) is 0. The van der Waals surface area contributed by atoms with E-state index in [-0.39, 0.29) is 28.5 Å². The molecule has 6 rings (SSSR count). The van der Waals surface area contributed by atoms with Crippen molar-refractivity contribution in [1.82, 2.24) is 4.67 Å². The molecule has 0 amide bonds. The van der Waals surface area contributed by atoms with E-state index in [4.69, 9.17) is 0 Å². The predicted molar refractivity (Wildman–Crippen MR) is 196 cm³/mol. The van der Waals surface area contributed by atoms with E-state index in [0.717, 1.165) is 6.54 Å². The Balaban J connectivity index is 0.000000700. The van der Waals surface area contributed by atoms with Crippen molar-refractivity contribution in [3.63, 3.8) is 0 Å². The number of nitrogens with zero attached hydrogens (tertiary/aromatic N) is 1. The van der Waals surface area contributed by atoms with Crippen molar-refractivity contribution in [2.45, 2.75) is 33.7 Å². The van der Waals surface area contributed by atoms with Gasteiger partial charge in [0.05, 0.1) is 0 Å². The van der Waals surface area contributed by atoms with E-state index in [9.17, 15) is 0 Å². The Bertz CT molecular complexity index is 1530. The van der Waals surface area contributed by atoms with Gasteiger partial charge >= 0.3 is 0 Å². The van der Waals surface area contributed by atoms with Crippen LogP contribution in [-0.4, -0.2) is 11.2 Å². The zero-order chi connectivity index (χ0) is 30.8. The Morgan fingerprint density at radius 1 is 0.578 bits per heavy atom. The fourth-order valence-electron chi connectivity index (χ4n) is 5.50. The van der Waals surface area contributed by atoms with Crippen molar-refractivity contribution in [3.05, 3.63) is 175 Å². The molecule has 1 nitrogen and oxygen atoms in total. The fraction of sp³-hybridized carbons (Fsp3) is 0.171. The molecule has 0 heterocycles. The molecule has 0 radical (unpaired) electrons. The van der Waals surface area contributed by atoms with Gasteiger partial charge in [-0.1, -0.05) is 149 Å². The molecule has 45 heavy (non-hydrogen) atoms. The van der Waals surface area contributed by atoms with Gasteiger partial charge in [0.25, 0.3) is 0 Å². The third kappa shape index (κ3) is 9.47. The minimum Gasteiger partial charge on any atom is -0.748 e. The van der Waals surface area contributed by atoms with Crippen LogP contribution in [0.1, 0.15) is 39.3 Å². The maximum absolute atomic E-state index is 2.79. The van der Waals surface area contributed by atoms with E-state index in [2.05, 4.69) is 172 Å². The third-order valence-electron chi connectivity index (χ3n) is 7.44. The van der Waals surface area contributed by atoms with Crippen LogP contribution in [0.3, 0.4) is 0 Å². The molecule has 0 unspecified atom stereocenters. The standard InChI is InChI=1S/C36H38NP2.C5H5.Fe/c1-29(34-26-17-27-35(34)38(30-18-9-5-10-19-30)31-20-11-6-12-21-31)37(28-36(2,3)4)39(32-22-13-7-14-23-32)33-24-15-8-16-25-33;1-2-4-5-3-1;/h5-27,29H,28H2,1-4H3;1-5H;/q-1;-5;/t29-;;/m1../s1. The molecule has 0 saturated carbocycles. The van der Waals surface area contributed by atoms with E-state index >= 15 is 0 Å². The molecule has 0 N–H and O–H groups in total. The van der Waals surface area contributed by atoms with Gasteiger partial charge < -0.3 is 30.3 Å². The van der Waals surface area contributed by atoms with Crippen LogP contribution in [0.4, 0.5) is 0 Å². The maximum atomic E-state index is 2.79. The van der Waals surface area contributed by atoms with E-state index in [1.807, 2.05) is 30.3 Å². The van der Waals surface area contributed by atoms with Crippen molar-refractivity contribution < 1.29 is 17.1 Å². The minimum atomic E-state index is -0.722. The van der Waals surface area contributed by atoms with E-state index < -0.39 is 16.0 Å². The second kappa shape index (κ2) is 17.0. The van der Waals surface area contributed by atoms with Gasteiger partial charge in [0, 0.05) is 31.7 Å². The zero-order valence-electron chi connectivity index (χ0n) is 26.6. The summed E-state index contributed by atoms with van der Waals surface area (Å²) in [5, 5.41) is 7.06. The first kappa shape index (κ1) is 34.8. The quantitative estimate of drug-likeness (QED) is 0.0846. The predicted octanol–water partition coefficient (Wildman–Crippen LogP) is 9.02. The molecule has 6 aromatic carbocycles. The Labute approximate surface area is 284 Å². The molecule has 0 aliphatic carbocycles. The molecule has 236 valence electrons. The molecule has 0 aliphatic heterocycles. The van der Waals surface area contributed by atoms with Crippen molar-refractivity contribution in [3.8, 4) is 0 Å². The zero-order valence-corrected chi connectivity index (χ0v) is 29.5. The third-order valence-corrected chi connectivity index (χ3v) is 12.5. The average molecular weight is 668 g/mol. The summed E-state index contributed by atoms with van der Waals surface area (Å²) < 4.78 is 2.79. The topological polar surface area (TPSA) is 3.24 Å². The molecule has 6 aromatic rings. The van der Waals surface area contributed by atoms with E-state index in [1.165, 1.54) is 32.1 Å². The molecule has 0 aliphatic rings. The van der Waals surface area contributed by atoms with Crippen LogP contribution in [-0.2, 0) is 17.1 Å². The summed E-state index contributed by atoms with van der Waals surface area (Å²) in [5.74, 6) is 0. The van der Waals surface area contributed by atoms with Crippen molar-refractivity contribution in [2.24, 2.45) is 5.41 Å². The van der Waals surface area contributed by atoms with Crippen LogP contribution in [0.5, 0.6) is 0 Å². The first-order valence-electron chi connectivity index (χ1n) is 15.4. The molecule has 0 fully saturated rings. The SMILES string of the molecule is C[C@H]([c-]1cccc1P(c1ccccc1)c1ccccc1)N(CC(C)(C)C)P(c1ccccc1)c1ccccc1.[Fe].[cH-]1[cH-][cH-][cH-][cH-]1. The summed E-state index contributed by atoms with van der Waals surface area (Å²) >= 11 is 0. The summed E-state index contributed by atoms with van der Waals surface area (Å²) in [6, 6.07) is 61.7. The fourth-order valence-corrected chi connectivity index (χ4v) is 10.9. The summed E-state index contributed by atoms with van der Waals surface area (Å²) in [6.45, 7) is 10.5. The van der Waals surface area contributed by atoms with E-state index in [0.29, 0.717) is 0 Å². The van der Waals surface area contributed by atoms with Crippen molar-refractivity contribution in [1.29, 1.82) is 0 Å². The Hall–Kier alpha value is -3.08. The first-order chi connectivity index (χ1) is 21.4. The molecule has 0 bridgehead atoms. The van der Waals surface area contributed by atoms with E-state index in [1.54, 1.807) is 0 Å². The van der Waals surface area contributed by atoms with Crippen LogP contribution in [0, 0.1) is 5.41 Å². The van der Waals surface area contributed by atoms with Crippen molar-refractivity contribution >= 4 is 42.5 Å². The van der Waals surface area contributed by atoms with Gasteiger partial charge in [-0.2, -0.15) is 6.07 Å². The van der Waals surface area contributed by atoms with Crippen molar-refractivity contribution in [2.75, 3.05) is 6.54 Å². The van der Waals surface area contributed by atoms with Crippen LogP contribution >= 0.6 is 16.0 Å². The molecular formula is C41H43FeNP2-6. The second-order valence-electron chi connectivity index (χ2n) is 12.2. The Morgan fingerprint density at radius 3 is 1.33 bits per heavy atom. The van der Waals surface area contributed by atoms with Crippen LogP contribution in [0.25, 0.3) is 0 Å². The van der Waals surface area contributed by atoms with Crippen LogP contribution < -0.4 is 26.5 Å². The summed E-state index contributed by atoms with van der Waals surface area (Å²) in [5.41, 5.74) is 1.59. The molecular weight excluding hydrogens is 624 g/mol. The normalized spacial score (nSPS) is 12.0. The molecule has 0 aromatic heterocycles. The number of hydrogen-bond acceptors (Lipinski definition) is 1. The summed E-state index contributed by atoms with van der Waals surface area (Å²) in [6.07, 6.45) is 0. The van der Waals surface area contributed by atoms with Gasteiger partial charge in [0.1, 0.15) is 0 Å². The monoisotopic (exact) mass is 667 g/mol. The van der Waals surface area contributed by atoms with Gasteiger partial charge in [0.15, 0.2) is 0 Å².